The van der Waals surface area contributed by atoms with Gasteiger partial charge in [0.25, 0.3) is 0 Å². The Bertz CT molecular complexity index is 745. The number of carbonyl (C=O) groups is 1. The summed E-state index contributed by atoms with van der Waals surface area (Å²) in [5, 5.41) is 3.08. The van der Waals surface area contributed by atoms with Crippen molar-refractivity contribution in [2.75, 3.05) is 18.0 Å². The highest BCUT2D eigenvalue weighted by Crippen LogP contribution is 2.27. The van der Waals surface area contributed by atoms with Gasteiger partial charge in [-0.25, -0.2) is 4.39 Å². The summed E-state index contributed by atoms with van der Waals surface area (Å²) >= 11 is 5.74. The van der Waals surface area contributed by atoms with Gasteiger partial charge in [-0.3, -0.25) is 9.78 Å². The summed E-state index contributed by atoms with van der Waals surface area (Å²) in [5.74, 6) is -0.429. The van der Waals surface area contributed by atoms with E-state index < -0.39 is 5.82 Å². The van der Waals surface area contributed by atoms with Gasteiger partial charge in [-0.05, 0) is 37.1 Å². The Kier molecular flexibility index (Phi) is 5.00. The smallest absolute Gasteiger partial charge is 0.217 e. The van der Waals surface area contributed by atoms with E-state index in [0.29, 0.717) is 11.3 Å². The number of nitrogens with zero attached hydrogens (tertiary/aromatic N) is 2. The quantitative estimate of drug-likeness (QED) is 0.921. The minimum atomic E-state index is -0.447. The topological polar surface area (TPSA) is 45.2 Å². The molecular weight excluding hydrogens is 329 g/mol. The molecule has 3 rings (SSSR count). The van der Waals surface area contributed by atoms with Gasteiger partial charge >= 0.3 is 0 Å². The van der Waals surface area contributed by atoms with Crippen molar-refractivity contribution in [3.8, 4) is 11.3 Å². The number of rotatable bonds is 3. The third-order valence-corrected chi connectivity index (χ3v) is 4.53. The van der Waals surface area contributed by atoms with Gasteiger partial charge in [-0.1, -0.05) is 17.7 Å². The van der Waals surface area contributed by atoms with Gasteiger partial charge in [0.1, 0.15) is 5.82 Å². The van der Waals surface area contributed by atoms with Gasteiger partial charge in [-0.15, -0.1) is 0 Å². The summed E-state index contributed by atoms with van der Waals surface area (Å²) in [6.45, 7) is 3.28. The molecule has 2 aromatic rings. The molecule has 4 nitrogen and oxygen atoms in total. The second-order valence-electron chi connectivity index (χ2n) is 5.99. The van der Waals surface area contributed by atoms with Crippen LogP contribution in [0.3, 0.4) is 0 Å². The van der Waals surface area contributed by atoms with Gasteiger partial charge < -0.3 is 10.2 Å². The number of nitrogens with one attached hydrogen (secondary N) is 1. The first kappa shape index (κ1) is 16.7. The first-order valence-electron chi connectivity index (χ1n) is 7.96. The zero-order valence-corrected chi connectivity index (χ0v) is 14.2. The molecule has 1 aliphatic heterocycles. The predicted octanol–water partition coefficient (Wildman–Crippen LogP) is 3.65. The molecule has 24 heavy (non-hydrogen) atoms. The highest BCUT2D eigenvalue weighted by molar-refractivity contribution is 6.30. The molecule has 0 atom stereocenters. The zero-order chi connectivity index (χ0) is 17.1. The average Bonchev–Trinajstić information content (AvgIpc) is 2.58. The van der Waals surface area contributed by atoms with Crippen LogP contribution in [0.2, 0.25) is 5.02 Å². The van der Waals surface area contributed by atoms with E-state index in [2.05, 4.69) is 15.2 Å². The molecule has 1 aromatic heterocycles. The molecule has 6 heteroatoms. The summed E-state index contributed by atoms with van der Waals surface area (Å²) < 4.78 is 13.7. The number of hydrogen-bond donors (Lipinski definition) is 1. The van der Waals surface area contributed by atoms with Crippen molar-refractivity contribution in [1.29, 1.82) is 0 Å². The number of piperidine rings is 1. The van der Waals surface area contributed by atoms with Crippen LogP contribution in [0.15, 0.2) is 36.5 Å². The Labute approximate surface area is 145 Å². The minimum Gasteiger partial charge on any atom is -0.371 e. The number of anilines is 1. The van der Waals surface area contributed by atoms with Gasteiger partial charge in [-0.2, -0.15) is 0 Å². The van der Waals surface area contributed by atoms with E-state index in [1.807, 2.05) is 12.1 Å². The van der Waals surface area contributed by atoms with Crippen LogP contribution >= 0.6 is 11.6 Å². The van der Waals surface area contributed by atoms with Crippen molar-refractivity contribution in [2.45, 2.75) is 25.8 Å². The van der Waals surface area contributed by atoms with Crippen molar-refractivity contribution in [2.24, 2.45) is 0 Å². The maximum atomic E-state index is 13.7. The van der Waals surface area contributed by atoms with E-state index in [4.69, 9.17) is 11.6 Å². The standard InChI is InChI=1S/C18H19ClFN3O/c1-12(24)22-14-5-8-23(9-6-14)15-4-7-21-18(11-15)13-2-3-16(19)17(20)10-13/h2-4,7,10-11,14H,5-6,8-9H2,1H3,(H,22,24). The molecule has 0 unspecified atom stereocenters. The van der Waals surface area contributed by atoms with Gasteiger partial charge in [0, 0.05) is 43.5 Å². The number of halogens is 2. The van der Waals surface area contributed by atoms with Gasteiger partial charge in [0.15, 0.2) is 0 Å². The fourth-order valence-corrected chi connectivity index (χ4v) is 3.12. The molecule has 126 valence electrons. The fourth-order valence-electron chi connectivity index (χ4n) is 3.00. The largest absolute Gasteiger partial charge is 0.371 e. The van der Waals surface area contributed by atoms with E-state index in [1.165, 1.54) is 6.07 Å². The highest BCUT2D eigenvalue weighted by Gasteiger charge is 2.20. The Morgan fingerprint density at radius 1 is 1.29 bits per heavy atom. The molecule has 2 heterocycles. The number of amides is 1. The Morgan fingerprint density at radius 2 is 2.04 bits per heavy atom. The van der Waals surface area contributed by atoms with Crippen LogP contribution in [0, 0.1) is 5.82 Å². The molecule has 0 aliphatic carbocycles. The molecule has 0 radical (unpaired) electrons. The molecule has 1 amide bonds. The van der Waals surface area contributed by atoms with Gasteiger partial charge in [0.2, 0.25) is 5.91 Å². The van der Waals surface area contributed by atoms with Crippen LogP contribution in [0.1, 0.15) is 19.8 Å². The lowest BCUT2D eigenvalue weighted by atomic mass is 10.0. The highest BCUT2D eigenvalue weighted by atomic mass is 35.5. The van der Waals surface area contributed by atoms with Crippen LogP contribution in [-0.4, -0.2) is 30.0 Å². The molecule has 1 fully saturated rings. The molecule has 1 saturated heterocycles. The molecule has 0 bridgehead atoms. The van der Waals surface area contributed by atoms with E-state index in [0.717, 1.165) is 31.6 Å². The Balaban J connectivity index is 1.74. The first-order valence-corrected chi connectivity index (χ1v) is 8.34. The van der Waals surface area contributed by atoms with Crippen LogP contribution in [-0.2, 0) is 4.79 Å². The van der Waals surface area contributed by atoms with Crippen molar-refractivity contribution < 1.29 is 9.18 Å². The molecule has 0 saturated carbocycles. The number of benzene rings is 1. The van der Waals surface area contributed by atoms with Crippen molar-refractivity contribution in [3.63, 3.8) is 0 Å². The number of hydrogen-bond acceptors (Lipinski definition) is 3. The summed E-state index contributed by atoms with van der Waals surface area (Å²) in [6.07, 6.45) is 3.55. The monoisotopic (exact) mass is 347 g/mol. The summed E-state index contributed by atoms with van der Waals surface area (Å²) in [4.78, 5) is 17.7. The predicted molar refractivity (Wildman–Crippen MR) is 93.7 cm³/mol. The SMILES string of the molecule is CC(=O)NC1CCN(c2ccnc(-c3ccc(Cl)c(F)c3)c2)CC1. The van der Waals surface area contributed by atoms with Crippen LogP contribution < -0.4 is 10.2 Å². The summed E-state index contributed by atoms with van der Waals surface area (Å²) in [5.41, 5.74) is 2.47. The molecule has 1 aromatic carbocycles. The Morgan fingerprint density at radius 3 is 2.71 bits per heavy atom. The van der Waals surface area contributed by atoms with Gasteiger partial charge in [0.05, 0.1) is 10.7 Å². The lowest BCUT2D eigenvalue weighted by Crippen LogP contribution is -2.44. The van der Waals surface area contributed by atoms with E-state index in [1.54, 1.807) is 25.3 Å². The van der Waals surface area contributed by atoms with E-state index >= 15 is 0 Å². The van der Waals surface area contributed by atoms with E-state index in [-0.39, 0.29) is 17.0 Å². The molecule has 0 spiro atoms. The summed E-state index contributed by atoms with van der Waals surface area (Å²) in [6, 6.07) is 8.86. The fraction of sp³-hybridized carbons (Fsp3) is 0.333. The number of aromatic nitrogens is 1. The number of pyridine rings is 1. The maximum absolute atomic E-state index is 13.7. The van der Waals surface area contributed by atoms with Crippen molar-refractivity contribution in [1.82, 2.24) is 10.3 Å². The normalized spacial score (nSPS) is 15.4. The van der Waals surface area contributed by atoms with E-state index in [9.17, 15) is 9.18 Å². The first-order chi connectivity index (χ1) is 11.5. The number of carbonyl (C=O) groups excluding carboxylic acids is 1. The van der Waals surface area contributed by atoms with Crippen molar-refractivity contribution in [3.05, 3.63) is 47.4 Å². The second-order valence-corrected chi connectivity index (χ2v) is 6.40. The maximum Gasteiger partial charge on any atom is 0.217 e. The van der Waals surface area contributed by atoms with Crippen LogP contribution in [0.4, 0.5) is 10.1 Å². The third-order valence-electron chi connectivity index (χ3n) is 4.23. The third kappa shape index (κ3) is 3.85. The van der Waals surface area contributed by atoms with Crippen LogP contribution in [0.25, 0.3) is 11.3 Å². The van der Waals surface area contributed by atoms with Crippen LogP contribution in [0.5, 0.6) is 0 Å². The average molecular weight is 348 g/mol. The lowest BCUT2D eigenvalue weighted by Gasteiger charge is -2.33. The minimum absolute atomic E-state index is 0.0180. The summed E-state index contributed by atoms with van der Waals surface area (Å²) in [7, 11) is 0. The molecule has 1 N–H and O–H groups in total. The second kappa shape index (κ2) is 7.18. The molecular formula is C18H19ClFN3O. The lowest BCUT2D eigenvalue weighted by molar-refractivity contribution is -0.119. The Hall–Kier alpha value is -2.14. The zero-order valence-electron chi connectivity index (χ0n) is 13.4. The van der Waals surface area contributed by atoms with Crippen molar-refractivity contribution >= 4 is 23.2 Å². The molecule has 1 aliphatic rings.